The van der Waals surface area contributed by atoms with Crippen molar-refractivity contribution in [2.75, 3.05) is 4.90 Å². The maximum Gasteiger partial charge on any atom is 0.137 e. The molecule has 0 saturated carbocycles. The molecule has 35 heavy (non-hydrogen) atoms. The Morgan fingerprint density at radius 1 is 0.457 bits per heavy atom. The van der Waals surface area contributed by atoms with Gasteiger partial charge in [-0.1, -0.05) is 97.1 Å². The highest BCUT2D eigenvalue weighted by molar-refractivity contribution is 6.13. The minimum atomic E-state index is 0.927. The van der Waals surface area contributed by atoms with Crippen molar-refractivity contribution in [1.82, 2.24) is 4.98 Å². The Balaban J connectivity index is 1.41. The number of hydrogen-bond acceptors (Lipinski definition) is 2. The van der Waals surface area contributed by atoms with Crippen LogP contribution in [0.4, 0.5) is 17.2 Å². The summed E-state index contributed by atoms with van der Waals surface area (Å²) in [6.07, 6.45) is 1.86. The number of aromatic nitrogens is 1. The predicted octanol–water partition coefficient (Wildman–Crippen LogP) is 9.02. The SMILES string of the molecule is c1ccc(-c2ccc(-c3ccc4c(c3)-c3cccc5cccc(c35)N4c3ccccn3)cc2)cc1. The monoisotopic (exact) mass is 446 g/mol. The Labute approximate surface area is 204 Å². The zero-order chi connectivity index (χ0) is 23.2. The van der Waals surface area contributed by atoms with Crippen molar-refractivity contribution in [1.29, 1.82) is 0 Å². The van der Waals surface area contributed by atoms with E-state index in [0.717, 1.165) is 11.5 Å². The molecule has 2 nitrogen and oxygen atoms in total. The molecular weight excluding hydrogens is 424 g/mol. The fourth-order valence-electron chi connectivity index (χ4n) is 5.21. The van der Waals surface area contributed by atoms with Gasteiger partial charge in [0.1, 0.15) is 5.82 Å². The first-order valence-electron chi connectivity index (χ1n) is 11.9. The van der Waals surface area contributed by atoms with E-state index >= 15 is 0 Å². The van der Waals surface area contributed by atoms with E-state index < -0.39 is 0 Å². The van der Waals surface area contributed by atoms with E-state index in [2.05, 4.69) is 120 Å². The van der Waals surface area contributed by atoms with E-state index in [0.29, 0.717) is 0 Å². The number of rotatable bonds is 3. The molecule has 0 atom stereocenters. The van der Waals surface area contributed by atoms with Gasteiger partial charge < -0.3 is 0 Å². The van der Waals surface area contributed by atoms with Gasteiger partial charge in [-0.05, 0) is 63.5 Å². The number of benzene rings is 5. The van der Waals surface area contributed by atoms with E-state index in [1.54, 1.807) is 0 Å². The summed E-state index contributed by atoms with van der Waals surface area (Å²) in [6.45, 7) is 0. The van der Waals surface area contributed by atoms with E-state index in [4.69, 9.17) is 4.98 Å². The first-order valence-corrected chi connectivity index (χ1v) is 11.9. The lowest BCUT2D eigenvalue weighted by Crippen LogP contribution is -2.16. The van der Waals surface area contributed by atoms with Crippen molar-refractivity contribution in [3.63, 3.8) is 0 Å². The van der Waals surface area contributed by atoms with E-state index in [1.807, 2.05) is 18.3 Å². The van der Waals surface area contributed by atoms with Crippen molar-refractivity contribution in [2.24, 2.45) is 0 Å². The van der Waals surface area contributed by atoms with Crippen molar-refractivity contribution >= 4 is 28.0 Å². The molecule has 0 fully saturated rings. The van der Waals surface area contributed by atoms with Gasteiger partial charge in [-0.3, -0.25) is 4.90 Å². The second-order valence-electron chi connectivity index (χ2n) is 8.88. The number of pyridine rings is 1. The maximum absolute atomic E-state index is 4.71. The minimum absolute atomic E-state index is 0.927. The summed E-state index contributed by atoms with van der Waals surface area (Å²) in [5, 5.41) is 2.51. The summed E-state index contributed by atoms with van der Waals surface area (Å²) in [7, 11) is 0. The largest absolute Gasteiger partial charge is 0.294 e. The summed E-state index contributed by atoms with van der Waals surface area (Å²) in [5.74, 6) is 0.927. The number of anilines is 3. The van der Waals surface area contributed by atoms with E-state index in [-0.39, 0.29) is 0 Å². The molecule has 0 aliphatic carbocycles. The molecule has 0 unspecified atom stereocenters. The molecule has 0 saturated heterocycles. The third-order valence-electron chi connectivity index (χ3n) is 6.85. The zero-order valence-electron chi connectivity index (χ0n) is 19.1. The molecule has 1 aliphatic heterocycles. The van der Waals surface area contributed by atoms with Gasteiger partial charge in [0.15, 0.2) is 0 Å². The van der Waals surface area contributed by atoms with Gasteiger partial charge in [0, 0.05) is 17.1 Å². The van der Waals surface area contributed by atoms with Crippen LogP contribution in [0.1, 0.15) is 0 Å². The van der Waals surface area contributed by atoms with Crippen LogP contribution in [0.15, 0.2) is 134 Å². The summed E-state index contributed by atoms with van der Waals surface area (Å²) < 4.78 is 0. The molecule has 6 aromatic rings. The van der Waals surface area contributed by atoms with Crippen LogP contribution < -0.4 is 4.90 Å². The van der Waals surface area contributed by atoms with Gasteiger partial charge in [0.05, 0.1) is 11.4 Å². The van der Waals surface area contributed by atoms with Crippen LogP contribution in [0.5, 0.6) is 0 Å². The van der Waals surface area contributed by atoms with Crippen molar-refractivity contribution in [2.45, 2.75) is 0 Å². The molecule has 164 valence electrons. The summed E-state index contributed by atoms with van der Waals surface area (Å²) in [4.78, 5) is 6.99. The quantitative estimate of drug-likeness (QED) is 0.269. The van der Waals surface area contributed by atoms with Gasteiger partial charge in [-0.2, -0.15) is 0 Å². The van der Waals surface area contributed by atoms with Crippen LogP contribution in [0.3, 0.4) is 0 Å². The third kappa shape index (κ3) is 3.23. The fourth-order valence-corrected chi connectivity index (χ4v) is 5.21. The normalized spacial score (nSPS) is 11.9. The number of fused-ring (bicyclic) bond motifs is 2. The molecule has 0 amide bonds. The average Bonchev–Trinajstić information content (AvgIpc) is 2.94. The van der Waals surface area contributed by atoms with Crippen LogP contribution in [0, 0.1) is 0 Å². The lowest BCUT2D eigenvalue weighted by molar-refractivity contribution is 1.18. The Morgan fingerprint density at radius 2 is 1.14 bits per heavy atom. The summed E-state index contributed by atoms with van der Waals surface area (Å²) >= 11 is 0. The second kappa shape index (κ2) is 7.96. The molecular formula is C33H22N2. The molecule has 0 bridgehead atoms. The molecule has 2 heterocycles. The van der Waals surface area contributed by atoms with Crippen molar-refractivity contribution < 1.29 is 0 Å². The fraction of sp³-hybridized carbons (Fsp3) is 0. The zero-order valence-corrected chi connectivity index (χ0v) is 19.1. The molecule has 0 radical (unpaired) electrons. The number of nitrogens with zero attached hydrogens (tertiary/aromatic N) is 2. The Morgan fingerprint density at radius 3 is 1.91 bits per heavy atom. The van der Waals surface area contributed by atoms with Gasteiger partial charge in [-0.15, -0.1) is 0 Å². The van der Waals surface area contributed by atoms with Crippen molar-refractivity contribution in [3.05, 3.63) is 134 Å². The first-order chi connectivity index (χ1) is 17.4. The highest BCUT2D eigenvalue weighted by Gasteiger charge is 2.26. The highest BCUT2D eigenvalue weighted by atomic mass is 15.2. The molecule has 7 rings (SSSR count). The molecule has 5 aromatic carbocycles. The van der Waals surface area contributed by atoms with Crippen LogP contribution in [0.25, 0.3) is 44.2 Å². The molecule has 0 spiro atoms. The molecule has 1 aliphatic rings. The third-order valence-corrected chi connectivity index (χ3v) is 6.85. The standard InChI is InChI=1S/C33H22N2/c1-2-8-23(9-3-1)24-15-17-25(18-16-24)27-19-20-30-29(22-27)28-12-6-10-26-11-7-13-31(33(26)28)35(30)32-14-4-5-21-34-32/h1-22H. The topological polar surface area (TPSA) is 16.1 Å². The smallest absolute Gasteiger partial charge is 0.137 e. The van der Waals surface area contributed by atoms with Crippen LogP contribution in [-0.4, -0.2) is 4.98 Å². The van der Waals surface area contributed by atoms with E-state index in [9.17, 15) is 0 Å². The number of hydrogen-bond donors (Lipinski definition) is 0. The summed E-state index contributed by atoms with van der Waals surface area (Å²) in [6, 6.07) is 45.3. The van der Waals surface area contributed by atoms with Crippen molar-refractivity contribution in [3.8, 4) is 33.4 Å². The van der Waals surface area contributed by atoms with Crippen LogP contribution >= 0.6 is 0 Å². The average molecular weight is 447 g/mol. The molecule has 1 aromatic heterocycles. The minimum Gasteiger partial charge on any atom is -0.294 e. The highest BCUT2D eigenvalue weighted by Crippen LogP contribution is 2.51. The lowest BCUT2D eigenvalue weighted by Gasteiger charge is -2.33. The van der Waals surface area contributed by atoms with Crippen LogP contribution in [0.2, 0.25) is 0 Å². The summed E-state index contributed by atoms with van der Waals surface area (Å²) in [5.41, 5.74) is 9.70. The Kier molecular flexibility index (Phi) is 4.49. The van der Waals surface area contributed by atoms with Gasteiger partial charge in [0.2, 0.25) is 0 Å². The molecule has 2 heteroatoms. The van der Waals surface area contributed by atoms with Crippen LogP contribution in [-0.2, 0) is 0 Å². The Bertz CT molecular complexity index is 1670. The second-order valence-corrected chi connectivity index (χ2v) is 8.88. The lowest BCUT2D eigenvalue weighted by atomic mass is 9.89. The van der Waals surface area contributed by atoms with Gasteiger partial charge in [-0.25, -0.2) is 4.98 Å². The first kappa shape index (κ1) is 19.7. The maximum atomic E-state index is 4.71. The van der Waals surface area contributed by atoms with E-state index in [1.165, 1.54) is 49.8 Å². The Hall–Kier alpha value is -4.69. The van der Waals surface area contributed by atoms with Gasteiger partial charge in [0.25, 0.3) is 0 Å². The molecule has 0 N–H and O–H groups in total. The predicted molar refractivity (Wildman–Crippen MR) is 146 cm³/mol. The van der Waals surface area contributed by atoms with Gasteiger partial charge >= 0.3 is 0 Å².